The summed E-state index contributed by atoms with van der Waals surface area (Å²) in [6.45, 7) is 1.39. The summed E-state index contributed by atoms with van der Waals surface area (Å²) in [6.07, 6.45) is 2.53. The third-order valence-corrected chi connectivity index (χ3v) is 4.48. The molecule has 2 aromatic heterocycles. The quantitative estimate of drug-likeness (QED) is 0.748. The highest BCUT2D eigenvalue weighted by molar-refractivity contribution is 7.11. The first-order chi connectivity index (χ1) is 12.2. The lowest BCUT2D eigenvalue weighted by atomic mass is 10.3. The van der Waals surface area contributed by atoms with Gasteiger partial charge < -0.3 is 14.8 Å². The molecular weight excluding hydrogens is 364 g/mol. The molecule has 0 radical (unpaired) electrons. The van der Waals surface area contributed by atoms with Crippen LogP contribution in [0.4, 0.5) is 5.69 Å². The number of fused-ring (bicyclic) bond motifs is 1. The van der Waals surface area contributed by atoms with Crippen molar-refractivity contribution in [1.82, 2.24) is 14.8 Å². The molecule has 0 saturated heterocycles. The number of thiazole rings is 1. The molecule has 0 unspecified atom stereocenters. The highest BCUT2D eigenvalue weighted by Crippen LogP contribution is 2.32. The topological polar surface area (TPSA) is 78.3 Å². The van der Waals surface area contributed by atoms with Crippen LogP contribution in [0.5, 0.6) is 16.8 Å². The molecule has 9 heteroatoms. The smallest absolute Gasteiger partial charge is 0.278 e. The molecule has 0 atom stereocenters. The van der Waals surface area contributed by atoms with Crippen molar-refractivity contribution in [2.24, 2.45) is 0 Å². The maximum absolute atomic E-state index is 12.4. The van der Waals surface area contributed by atoms with Crippen molar-refractivity contribution in [1.29, 1.82) is 0 Å². The molecule has 0 saturated carbocycles. The second-order valence-corrected chi connectivity index (χ2v) is 6.56. The van der Waals surface area contributed by atoms with Crippen molar-refractivity contribution < 1.29 is 14.3 Å². The van der Waals surface area contributed by atoms with E-state index in [0.717, 1.165) is 13.0 Å². The lowest BCUT2D eigenvalue weighted by molar-refractivity contribution is 0.102. The standard InChI is InChI=1S/C16H13ClN4O3S/c17-11-8-10(2-3-13(11)24-16-18-4-7-25-16)19-15(22)12-9-14-21(20-12)5-1-6-23-14/h2-4,7-9H,1,5-6H2,(H,19,22). The molecule has 25 heavy (non-hydrogen) atoms. The van der Waals surface area contributed by atoms with Gasteiger partial charge in [0.2, 0.25) is 5.88 Å². The molecule has 3 aromatic rings. The summed E-state index contributed by atoms with van der Waals surface area (Å²) in [4.78, 5) is 16.4. The van der Waals surface area contributed by atoms with Crippen LogP contribution in [0.3, 0.4) is 0 Å². The fourth-order valence-corrected chi connectivity index (χ4v) is 3.11. The number of anilines is 1. The van der Waals surface area contributed by atoms with Gasteiger partial charge in [0.25, 0.3) is 11.1 Å². The maximum atomic E-state index is 12.4. The zero-order valence-electron chi connectivity index (χ0n) is 12.9. The summed E-state index contributed by atoms with van der Waals surface area (Å²) < 4.78 is 12.7. The molecular formula is C16H13ClN4O3S. The minimum absolute atomic E-state index is 0.302. The van der Waals surface area contributed by atoms with Gasteiger partial charge >= 0.3 is 0 Å². The number of nitrogens with one attached hydrogen (secondary N) is 1. The van der Waals surface area contributed by atoms with Crippen molar-refractivity contribution in [3.05, 3.63) is 46.6 Å². The summed E-state index contributed by atoms with van der Waals surface area (Å²) in [7, 11) is 0. The molecule has 3 heterocycles. The van der Waals surface area contributed by atoms with E-state index in [0.29, 0.717) is 39.8 Å². The first kappa shape index (κ1) is 15.9. The summed E-state index contributed by atoms with van der Waals surface area (Å²) in [5.74, 6) is 0.761. The molecule has 0 spiro atoms. The van der Waals surface area contributed by atoms with Gasteiger partial charge in [-0.2, -0.15) is 5.10 Å². The average Bonchev–Trinajstić information content (AvgIpc) is 3.26. The van der Waals surface area contributed by atoms with Gasteiger partial charge in [-0.1, -0.05) is 22.9 Å². The van der Waals surface area contributed by atoms with E-state index in [2.05, 4.69) is 15.4 Å². The van der Waals surface area contributed by atoms with Crippen LogP contribution in [0.25, 0.3) is 0 Å². The molecule has 0 bridgehead atoms. The lowest BCUT2D eigenvalue weighted by Crippen LogP contribution is -2.16. The summed E-state index contributed by atoms with van der Waals surface area (Å²) in [6, 6.07) is 6.64. The number of rotatable bonds is 4. The monoisotopic (exact) mass is 376 g/mol. The highest BCUT2D eigenvalue weighted by Gasteiger charge is 2.18. The predicted octanol–water partition coefficient (Wildman–Crippen LogP) is 3.82. The summed E-state index contributed by atoms with van der Waals surface area (Å²) >= 11 is 7.59. The van der Waals surface area contributed by atoms with Crippen LogP contribution in [0.2, 0.25) is 5.02 Å². The second-order valence-electron chi connectivity index (χ2n) is 5.29. The minimum Gasteiger partial charge on any atom is -0.478 e. The van der Waals surface area contributed by atoms with Gasteiger partial charge in [0.1, 0.15) is 5.75 Å². The number of hydrogen-bond donors (Lipinski definition) is 1. The number of aromatic nitrogens is 3. The van der Waals surface area contributed by atoms with Crippen LogP contribution < -0.4 is 14.8 Å². The summed E-state index contributed by atoms with van der Waals surface area (Å²) in [5.41, 5.74) is 0.851. The van der Waals surface area contributed by atoms with Crippen LogP contribution >= 0.6 is 22.9 Å². The van der Waals surface area contributed by atoms with Crippen LogP contribution in [-0.2, 0) is 6.54 Å². The van der Waals surface area contributed by atoms with Crippen molar-refractivity contribution in [2.45, 2.75) is 13.0 Å². The van der Waals surface area contributed by atoms with Gasteiger partial charge in [-0.15, -0.1) is 0 Å². The van der Waals surface area contributed by atoms with Gasteiger partial charge in [0, 0.05) is 36.3 Å². The third kappa shape index (κ3) is 3.45. The number of nitrogens with zero attached hydrogens (tertiary/aromatic N) is 3. The Hall–Kier alpha value is -2.58. The van der Waals surface area contributed by atoms with Gasteiger partial charge in [0.05, 0.1) is 11.6 Å². The van der Waals surface area contributed by atoms with E-state index in [1.165, 1.54) is 11.3 Å². The molecule has 128 valence electrons. The van der Waals surface area contributed by atoms with Crippen molar-refractivity contribution in [3.63, 3.8) is 0 Å². The van der Waals surface area contributed by atoms with E-state index < -0.39 is 0 Å². The molecule has 1 N–H and O–H groups in total. The molecule has 1 amide bonds. The Balaban J connectivity index is 1.47. The number of aryl methyl sites for hydroxylation is 1. The lowest BCUT2D eigenvalue weighted by Gasteiger charge is -2.13. The van der Waals surface area contributed by atoms with Crippen LogP contribution in [-0.4, -0.2) is 27.3 Å². The van der Waals surface area contributed by atoms with E-state index in [9.17, 15) is 4.79 Å². The van der Waals surface area contributed by atoms with Gasteiger partial charge in [-0.25, -0.2) is 9.67 Å². The molecule has 0 fully saturated rings. The number of amides is 1. The minimum atomic E-state index is -0.324. The molecule has 0 aliphatic carbocycles. The number of ether oxygens (including phenoxy) is 2. The number of carbonyl (C=O) groups is 1. The zero-order chi connectivity index (χ0) is 17.2. The van der Waals surface area contributed by atoms with E-state index in [-0.39, 0.29) is 5.91 Å². The van der Waals surface area contributed by atoms with Crippen molar-refractivity contribution in [2.75, 3.05) is 11.9 Å². The Morgan fingerprint density at radius 1 is 1.40 bits per heavy atom. The predicted molar refractivity (Wildman–Crippen MR) is 93.9 cm³/mol. The van der Waals surface area contributed by atoms with E-state index in [4.69, 9.17) is 21.1 Å². The number of hydrogen-bond acceptors (Lipinski definition) is 6. The Bertz CT molecular complexity index is 887. The second kappa shape index (κ2) is 6.73. The fourth-order valence-electron chi connectivity index (χ4n) is 2.39. The largest absolute Gasteiger partial charge is 0.478 e. The fraction of sp³-hybridized carbons (Fsp3) is 0.188. The van der Waals surface area contributed by atoms with E-state index in [1.54, 1.807) is 35.1 Å². The zero-order valence-corrected chi connectivity index (χ0v) is 14.5. The first-order valence-corrected chi connectivity index (χ1v) is 8.84. The molecule has 1 aromatic carbocycles. The molecule has 4 rings (SSSR count). The van der Waals surface area contributed by atoms with Crippen molar-refractivity contribution in [3.8, 4) is 16.8 Å². The van der Waals surface area contributed by atoms with Crippen LogP contribution in [0, 0.1) is 0 Å². The number of halogens is 1. The maximum Gasteiger partial charge on any atom is 0.278 e. The van der Waals surface area contributed by atoms with Crippen molar-refractivity contribution >= 4 is 34.5 Å². The van der Waals surface area contributed by atoms with E-state index in [1.807, 2.05) is 5.38 Å². The molecule has 1 aliphatic rings. The Morgan fingerprint density at radius 2 is 2.32 bits per heavy atom. The van der Waals surface area contributed by atoms with Gasteiger partial charge in [-0.3, -0.25) is 4.79 Å². The van der Waals surface area contributed by atoms with Gasteiger partial charge in [0.15, 0.2) is 5.69 Å². The van der Waals surface area contributed by atoms with E-state index >= 15 is 0 Å². The number of benzene rings is 1. The normalized spacial score (nSPS) is 13.0. The average molecular weight is 377 g/mol. The Kier molecular flexibility index (Phi) is 4.29. The molecule has 1 aliphatic heterocycles. The summed E-state index contributed by atoms with van der Waals surface area (Å²) in [5, 5.41) is 9.71. The van der Waals surface area contributed by atoms with Crippen LogP contribution in [0.15, 0.2) is 35.8 Å². The van der Waals surface area contributed by atoms with Gasteiger partial charge in [-0.05, 0) is 18.2 Å². The number of carbonyl (C=O) groups excluding carboxylic acids is 1. The third-order valence-electron chi connectivity index (χ3n) is 3.54. The SMILES string of the molecule is O=C(Nc1ccc(Oc2nccs2)c(Cl)c1)c1cc2n(n1)CCCO2. The Morgan fingerprint density at radius 3 is 3.08 bits per heavy atom. The Labute approximate surface area is 152 Å². The first-order valence-electron chi connectivity index (χ1n) is 7.58. The van der Waals surface area contributed by atoms with Crippen LogP contribution in [0.1, 0.15) is 16.9 Å². The highest BCUT2D eigenvalue weighted by atomic mass is 35.5. The molecule has 7 nitrogen and oxygen atoms in total.